The highest BCUT2D eigenvalue weighted by atomic mass is 79.9. The average molecular weight is 451 g/mol. The molecule has 0 amide bonds. The molecule has 3 saturated carbocycles. The van der Waals surface area contributed by atoms with Crippen molar-refractivity contribution in [3.8, 4) is 0 Å². The van der Waals surface area contributed by atoms with E-state index < -0.39 is 0 Å². The maximum Gasteiger partial charge on any atom is 0.316 e. The number of carbonyl (C=O) groups excluding carboxylic acids is 3. The minimum Gasteiger partial charge on any atom is -0.460 e. The van der Waals surface area contributed by atoms with Crippen LogP contribution in [-0.2, 0) is 19.1 Å². The second-order valence-electron chi connectivity index (χ2n) is 9.94. The summed E-state index contributed by atoms with van der Waals surface area (Å²) in [6.07, 6.45) is 8.00. The zero-order valence-corrected chi connectivity index (χ0v) is 18.7. The van der Waals surface area contributed by atoms with E-state index in [9.17, 15) is 14.4 Å². The first kappa shape index (κ1) is 20.3. The maximum absolute atomic E-state index is 12.3. The summed E-state index contributed by atoms with van der Waals surface area (Å²) < 4.78 is 5.83. The van der Waals surface area contributed by atoms with Crippen LogP contribution in [0.1, 0.15) is 65.7 Å². The number of fused-ring (bicyclic) bond motifs is 5. The Bertz CT molecular complexity index is 743. The molecule has 5 heteroatoms. The molecule has 0 heterocycles. The van der Waals surface area contributed by atoms with Crippen LogP contribution in [0.2, 0.25) is 0 Å². The van der Waals surface area contributed by atoms with Gasteiger partial charge in [0, 0.05) is 17.8 Å². The van der Waals surface area contributed by atoms with Gasteiger partial charge in [0.15, 0.2) is 5.78 Å². The van der Waals surface area contributed by atoms with Crippen LogP contribution in [0.3, 0.4) is 0 Å². The van der Waals surface area contributed by atoms with Crippen molar-refractivity contribution < 1.29 is 19.1 Å². The SMILES string of the molecule is CC(=O)[C@H]1CC[C@H]2[C@@H]3CCC4=CC(=O)CC(OC(=O)CBr)[C@]4(C)[C@H]3CC[C@]12C. The first-order chi connectivity index (χ1) is 13.2. The Morgan fingerprint density at radius 3 is 2.61 bits per heavy atom. The van der Waals surface area contributed by atoms with Crippen LogP contribution in [0.15, 0.2) is 11.6 Å². The van der Waals surface area contributed by atoms with E-state index in [4.69, 9.17) is 4.74 Å². The molecule has 4 nitrogen and oxygen atoms in total. The van der Waals surface area contributed by atoms with Crippen LogP contribution < -0.4 is 0 Å². The van der Waals surface area contributed by atoms with E-state index in [-0.39, 0.29) is 39.9 Å². The van der Waals surface area contributed by atoms with Gasteiger partial charge in [-0.05, 0) is 74.7 Å². The molecule has 0 aliphatic heterocycles. The number of ether oxygens (including phenoxy) is 1. The highest BCUT2D eigenvalue weighted by Crippen LogP contribution is 2.66. The molecular formula is C23H31BrO4. The Labute approximate surface area is 176 Å². The molecule has 7 atom stereocenters. The normalized spacial score (nSPS) is 44.8. The number of halogens is 1. The van der Waals surface area contributed by atoms with Crippen molar-refractivity contribution >= 4 is 33.5 Å². The first-order valence-electron chi connectivity index (χ1n) is 10.7. The second kappa shape index (κ2) is 7.07. The van der Waals surface area contributed by atoms with Crippen molar-refractivity contribution in [2.45, 2.75) is 71.8 Å². The third kappa shape index (κ3) is 2.86. The summed E-state index contributed by atoms with van der Waals surface area (Å²) in [5.41, 5.74) is 1.03. The number of hydrogen-bond donors (Lipinski definition) is 0. The summed E-state index contributed by atoms with van der Waals surface area (Å²) >= 11 is 3.19. The van der Waals surface area contributed by atoms with Crippen molar-refractivity contribution in [3.63, 3.8) is 0 Å². The number of carbonyl (C=O) groups is 3. The van der Waals surface area contributed by atoms with Gasteiger partial charge >= 0.3 is 5.97 Å². The van der Waals surface area contributed by atoms with Crippen molar-refractivity contribution in [2.24, 2.45) is 34.5 Å². The predicted molar refractivity (Wildman–Crippen MR) is 110 cm³/mol. The molecular weight excluding hydrogens is 420 g/mol. The van der Waals surface area contributed by atoms with Gasteiger partial charge in [0.1, 0.15) is 17.2 Å². The molecule has 4 rings (SSSR count). The van der Waals surface area contributed by atoms with Crippen molar-refractivity contribution in [2.75, 3.05) is 5.33 Å². The largest absolute Gasteiger partial charge is 0.460 e. The molecule has 0 radical (unpaired) electrons. The molecule has 4 aliphatic carbocycles. The fourth-order valence-electron chi connectivity index (χ4n) is 7.61. The lowest BCUT2D eigenvalue weighted by Gasteiger charge is -2.59. The lowest BCUT2D eigenvalue weighted by atomic mass is 9.46. The summed E-state index contributed by atoms with van der Waals surface area (Å²) in [6, 6.07) is 0. The minimum atomic E-state index is -0.368. The summed E-state index contributed by atoms with van der Waals surface area (Å²) in [7, 11) is 0. The van der Waals surface area contributed by atoms with Gasteiger partial charge in [0.25, 0.3) is 0 Å². The second-order valence-corrected chi connectivity index (χ2v) is 10.5. The zero-order chi connectivity index (χ0) is 20.3. The van der Waals surface area contributed by atoms with Gasteiger partial charge in [-0.25, -0.2) is 0 Å². The Kier molecular flexibility index (Phi) is 5.13. The molecule has 3 fully saturated rings. The Balaban J connectivity index is 1.69. The highest BCUT2D eigenvalue weighted by molar-refractivity contribution is 9.09. The lowest BCUT2D eigenvalue weighted by molar-refractivity contribution is -0.163. The number of Topliss-reactive ketones (excluding diaryl/α,β-unsaturated/α-hetero) is 1. The van der Waals surface area contributed by atoms with Crippen molar-refractivity contribution in [1.29, 1.82) is 0 Å². The molecule has 0 spiro atoms. The molecule has 1 unspecified atom stereocenters. The monoisotopic (exact) mass is 450 g/mol. The smallest absolute Gasteiger partial charge is 0.316 e. The topological polar surface area (TPSA) is 60.4 Å². The predicted octanol–water partition coefficient (Wildman–Crippen LogP) is 4.64. The Morgan fingerprint density at radius 2 is 1.93 bits per heavy atom. The highest BCUT2D eigenvalue weighted by Gasteiger charge is 2.62. The summed E-state index contributed by atoms with van der Waals surface area (Å²) in [6.45, 7) is 6.33. The molecule has 0 saturated heterocycles. The van der Waals surface area contributed by atoms with E-state index in [2.05, 4.69) is 29.8 Å². The molecule has 0 aromatic rings. The molecule has 0 N–H and O–H groups in total. The Hall–Kier alpha value is -0.970. The third-order valence-electron chi connectivity index (χ3n) is 8.91. The van der Waals surface area contributed by atoms with Crippen molar-refractivity contribution in [1.82, 2.24) is 0 Å². The van der Waals surface area contributed by atoms with Gasteiger partial charge in [-0.3, -0.25) is 14.4 Å². The minimum absolute atomic E-state index is 0.0801. The fraction of sp³-hybridized carbons (Fsp3) is 0.783. The van der Waals surface area contributed by atoms with Crippen molar-refractivity contribution in [3.05, 3.63) is 11.6 Å². The van der Waals surface area contributed by atoms with E-state index >= 15 is 0 Å². The summed E-state index contributed by atoms with van der Waals surface area (Å²) in [5, 5.41) is 0.155. The summed E-state index contributed by atoms with van der Waals surface area (Å²) in [5.74, 6) is 1.85. The molecule has 28 heavy (non-hydrogen) atoms. The lowest BCUT2D eigenvalue weighted by Crippen LogP contribution is -2.56. The van der Waals surface area contributed by atoms with E-state index in [1.54, 1.807) is 6.92 Å². The first-order valence-corrected chi connectivity index (χ1v) is 11.8. The third-order valence-corrected chi connectivity index (χ3v) is 9.37. The van der Waals surface area contributed by atoms with Crippen LogP contribution in [0, 0.1) is 34.5 Å². The standard InChI is InChI=1S/C23H31BrO4/c1-13(25)17-6-7-18-16-5-4-14-10-15(26)11-20(28-21(27)12-24)23(14,3)19(16)8-9-22(17,18)2/h10,16-20H,4-9,11-12H2,1-3H3/t16-,17+,18-,19-,20?,22+,23-/m0/s1. The molecule has 4 aliphatic rings. The van der Waals surface area contributed by atoms with Gasteiger partial charge in [-0.1, -0.05) is 35.4 Å². The van der Waals surface area contributed by atoms with E-state index in [0.717, 1.165) is 38.5 Å². The number of hydrogen-bond acceptors (Lipinski definition) is 4. The molecule has 0 aromatic carbocycles. The zero-order valence-electron chi connectivity index (χ0n) is 17.1. The Morgan fingerprint density at radius 1 is 1.18 bits per heavy atom. The van der Waals surface area contributed by atoms with E-state index in [1.807, 2.05) is 6.08 Å². The van der Waals surface area contributed by atoms with Gasteiger partial charge in [0.2, 0.25) is 0 Å². The van der Waals surface area contributed by atoms with Gasteiger partial charge in [-0.15, -0.1) is 0 Å². The van der Waals surface area contributed by atoms with Crippen LogP contribution in [0.5, 0.6) is 0 Å². The number of ketones is 2. The van der Waals surface area contributed by atoms with Crippen LogP contribution in [0.25, 0.3) is 0 Å². The van der Waals surface area contributed by atoms with Gasteiger partial charge < -0.3 is 4.74 Å². The molecule has 0 bridgehead atoms. The van der Waals surface area contributed by atoms with Crippen LogP contribution in [-0.4, -0.2) is 29.0 Å². The maximum atomic E-state index is 12.3. The van der Waals surface area contributed by atoms with E-state index in [0.29, 0.717) is 30.0 Å². The number of rotatable bonds is 3. The average Bonchev–Trinajstić information content (AvgIpc) is 3.00. The van der Waals surface area contributed by atoms with Crippen LogP contribution >= 0.6 is 15.9 Å². The number of esters is 1. The molecule has 0 aromatic heterocycles. The van der Waals surface area contributed by atoms with E-state index in [1.165, 1.54) is 5.57 Å². The van der Waals surface area contributed by atoms with Gasteiger partial charge in [0.05, 0.1) is 0 Å². The summed E-state index contributed by atoms with van der Waals surface area (Å²) in [4.78, 5) is 36.7. The fourth-order valence-corrected chi connectivity index (χ4v) is 7.74. The number of alkyl halides is 1. The van der Waals surface area contributed by atoms with Gasteiger partial charge in [-0.2, -0.15) is 0 Å². The van der Waals surface area contributed by atoms with Crippen LogP contribution in [0.4, 0.5) is 0 Å². The molecule has 154 valence electrons. The quantitative estimate of drug-likeness (QED) is 0.463.